The van der Waals surface area contributed by atoms with Crippen LogP contribution in [0.15, 0.2) is 28.8 Å². The summed E-state index contributed by atoms with van der Waals surface area (Å²) < 4.78 is 0. The van der Waals surface area contributed by atoms with Crippen molar-refractivity contribution >= 4 is 17.3 Å². The van der Waals surface area contributed by atoms with E-state index >= 15 is 0 Å². The number of hydrogen-bond acceptors (Lipinski definition) is 2. The summed E-state index contributed by atoms with van der Waals surface area (Å²) in [6.07, 6.45) is 8.81. The summed E-state index contributed by atoms with van der Waals surface area (Å²) in [7, 11) is 1.83. The van der Waals surface area contributed by atoms with Gasteiger partial charge in [-0.05, 0) is 51.2 Å². The molecule has 1 heterocycles. The highest BCUT2D eigenvalue weighted by molar-refractivity contribution is 7.11. The summed E-state index contributed by atoms with van der Waals surface area (Å²) >= 11 is 1.83. The molecule has 3 nitrogen and oxygen atoms in total. The number of nitrogens with one attached hydrogen (secondary N) is 2. The van der Waals surface area contributed by atoms with Gasteiger partial charge < -0.3 is 10.6 Å². The number of allylic oxidation sites excluding steroid dienone is 1. The standard InChI is InChI=1S/C16H25N3S/c1-13-8-9-15(20-13)12-19-16(17-2)18-11-10-14-6-4-3-5-7-14/h6,8-9H,3-5,7,10-12H2,1-2H3,(H2,17,18,19). The number of aryl methyl sites for hydroxylation is 1. The number of nitrogens with zero attached hydrogens (tertiary/aromatic N) is 1. The zero-order chi connectivity index (χ0) is 14.2. The molecule has 2 N–H and O–H groups in total. The molecule has 1 aromatic heterocycles. The van der Waals surface area contributed by atoms with Gasteiger partial charge in [0.15, 0.2) is 5.96 Å². The fourth-order valence-corrected chi connectivity index (χ4v) is 3.27. The van der Waals surface area contributed by atoms with Crippen molar-refractivity contribution in [3.8, 4) is 0 Å². The summed E-state index contributed by atoms with van der Waals surface area (Å²) in [4.78, 5) is 6.98. The lowest BCUT2D eigenvalue weighted by Gasteiger charge is -2.15. The van der Waals surface area contributed by atoms with Crippen molar-refractivity contribution in [2.24, 2.45) is 4.99 Å². The predicted octanol–water partition coefficient (Wildman–Crippen LogP) is 3.61. The Hall–Kier alpha value is -1.29. The molecule has 4 heteroatoms. The minimum atomic E-state index is 0.848. The zero-order valence-electron chi connectivity index (χ0n) is 12.5. The maximum atomic E-state index is 4.27. The van der Waals surface area contributed by atoms with Crippen LogP contribution in [-0.2, 0) is 6.54 Å². The largest absolute Gasteiger partial charge is 0.356 e. The second-order valence-electron chi connectivity index (χ2n) is 5.22. The quantitative estimate of drug-likeness (QED) is 0.494. The third-order valence-corrected chi connectivity index (χ3v) is 4.57. The van der Waals surface area contributed by atoms with Gasteiger partial charge in [0.25, 0.3) is 0 Å². The van der Waals surface area contributed by atoms with Crippen LogP contribution in [0.1, 0.15) is 41.9 Å². The smallest absolute Gasteiger partial charge is 0.191 e. The van der Waals surface area contributed by atoms with Crippen molar-refractivity contribution in [3.63, 3.8) is 0 Å². The number of aliphatic imine (C=N–C) groups is 1. The fourth-order valence-electron chi connectivity index (χ4n) is 2.44. The van der Waals surface area contributed by atoms with Gasteiger partial charge in [0, 0.05) is 23.3 Å². The average molecular weight is 291 g/mol. The molecule has 0 aliphatic heterocycles. The summed E-state index contributed by atoms with van der Waals surface area (Å²) in [5, 5.41) is 6.76. The third-order valence-electron chi connectivity index (χ3n) is 3.57. The van der Waals surface area contributed by atoms with Crippen LogP contribution in [-0.4, -0.2) is 19.6 Å². The van der Waals surface area contributed by atoms with E-state index in [9.17, 15) is 0 Å². The summed E-state index contributed by atoms with van der Waals surface area (Å²) in [5.41, 5.74) is 1.60. The second kappa shape index (κ2) is 8.10. The third kappa shape index (κ3) is 5.00. The minimum absolute atomic E-state index is 0.848. The number of rotatable bonds is 5. The van der Waals surface area contributed by atoms with Gasteiger partial charge in [0.05, 0.1) is 6.54 Å². The van der Waals surface area contributed by atoms with E-state index < -0.39 is 0 Å². The molecule has 1 aromatic rings. The molecule has 110 valence electrons. The molecule has 0 saturated heterocycles. The molecule has 0 radical (unpaired) electrons. The summed E-state index contributed by atoms with van der Waals surface area (Å²) in [6, 6.07) is 4.33. The molecule has 0 unspecified atom stereocenters. The van der Waals surface area contributed by atoms with Crippen LogP contribution in [0.4, 0.5) is 0 Å². The Kier molecular flexibility index (Phi) is 6.12. The Morgan fingerprint density at radius 1 is 1.30 bits per heavy atom. The second-order valence-corrected chi connectivity index (χ2v) is 6.60. The first kappa shape index (κ1) is 15.1. The monoisotopic (exact) mass is 291 g/mol. The number of hydrogen-bond donors (Lipinski definition) is 2. The molecule has 0 atom stereocenters. The average Bonchev–Trinajstić information content (AvgIpc) is 2.89. The molecular formula is C16H25N3S. The van der Waals surface area contributed by atoms with E-state index in [1.807, 2.05) is 18.4 Å². The summed E-state index contributed by atoms with van der Waals surface area (Å²) in [6.45, 7) is 3.95. The Bertz CT molecular complexity index is 474. The predicted molar refractivity (Wildman–Crippen MR) is 88.4 cm³/mol. The van der Waals surface area contributed by atoms with E-state index in [0.29, 0.717) is 0 Å². The van der Waals surface area contributed by atoms with Crippen molar-refractivity contribution in [2.45, 2.75) is 45.6 Å². The molecule has 0 bridgehead atoms. The van der Waals surface area contributed by atoms with Gasteiger partial charge in [-0.15, -0.1) is 11.3 Å². The lowest BCUT2D eigenvalue weighted by Crippen LogP contribution is -2.37. The van der Waals surface area contributed by atoms with Gasteiger partial charge in [-0.3, -0.25) is 4.99 Å². The van der Waals surface area contributed by atoms with E-state index in [1.54, 1.807) is 5.57 Å². The van der Waals surface area contributed by atoms with E-state index in [0.717, 1.165) is 25.5 Å². The van der Waals surface area contributed by atoms with E-state index in [1.165, 1.54) is 35.4 Å². The van der Waals surface area contributed by atoms with Crippen LogP contribution >= 0.6 is 11.3 Å². The van der Waals surface area contributed by atoms with Crippen molar-refractivity contribution < 1.29 is 0 Å². The van der Waals surface area contributed by atoms with E-state index in [4.69, 9.17) is 0 Å². The Labute approximate surface area is 126 Å². The zero-order valence-corrected chi connectivity index (χ0v) is 13.4. The van der Waals surface area contributed by atoms with Gasteiger partial charge in [-0.1, -0.05) is 11.6 Å². The van der Waals surface area contributed by atoms with Crippen molar-refractivity contribution in [1.82, 2.24) is 10.6 Å². The maximum absolute atomic E-state index is 4.27. The molecule has 0 saturated carbocycles. The van der Waals surface area contributed by atoms with Crippen molar-refractivity contribution in [2.75, 3.05) is 13.6 Å². The van der Waals surface area contributed by atoms with Crippen LogP contribution in [0.25, 0.3) is 0 Å². The molecule has 20 heavy (non-hydrogen) atoms. The molecule has 2 rings (SSSR count). The molecule has 1 aliphatic rings. The number of thiophene rings is 1. The van der Waals surface area contributed by atoms with Crippen LogP contribution in [0, 0.1) is 6.92 Å². The first-order valence-corrected chi connectivity index (χ1v) is 8.27. The lowest BCUT2D eigenvalue weighted by molar-refractivity contribution is 0.665. The van der Waals surface area contributed by atoms with E-state index in [2.05, 4.69) is 40.8 Å². The molecule has 0 aromatic carbocycles. The molecule has 1 aliphatic carbocycles. The topological polar surface area (TPSA) is 36.4 Å². The highest BCUT2D eigenvalue weighted by atomic mass is 32.1. The highest BCUT2D eigenvalue weighted by Crippen LogP contribution is 2.19. The van der Waals surface area contributed by atoms with Gasteiger partial charge >= 0.3 is 0 Å². The van der Waals surface area contributed by atoms with Gasteiger partial charge in [-0.2, -0.15) is 0 Å². The van der Waals surface area contributed by atoms with Crippen LogP contribution in [0.2, 0.25) is 0 Å². The molecule has 0 amide bonds. The van der Waals surface area contributed by atoms with Gasteiger partial charge in [0.2, 0.25) is 0 Å². The first-order valence-electron chi connectivity index (χ1n) is 7.45. The van der Waals surface area contributed by atoms with Crippen LogP contribution in [0.5, 0.6) is 0 Å². The van der Waals surface area contributed by atoms with Crippen LogP contribution in [0.3, 0.4) is 0 Å². The molecule has 0 fully saturated rings. The normalized spacial score (nSPS) is 15.9. The van der Waals surface area contributed by atoms with Crippen molar-refractivity contribution in [1.29, 1.82) is 0 Å². The van der Waals surface area contributed by atoms with Crippen LogP contribution < -0.4 is 10.6 Å². The van der Waals surface area contributed by atoms with Crippen molar-refractivity contribution in [3.05, 3.63) is 33.5 Å². The van der Waals surface area contributed by atoms with E-state index in [-0.39, 0.29) is 0 Å². The Balaban J connectivity index is 1.68. The molecular weight excluding hydrogens is 266 g/mol. The Morgan fingerprint density at radius 2 is 2.20 bits per heavy atom. The lowest BCUT2D eigenvalue weighted by atomic mass is 9.97. The maximum Gasteiger partial charge on any atom is 0.191 e. The summed E-state index contributed by atoms with van der Waals surface area (Å²) in [5.74, 6) is 0.896. The Morgan fingerprint density at radius 3 is 2.85 bits per heavy atom. The molecule has 0 spiro atoms. The highest BCUT2D eigenvalue weighted by Gasteiger charge is 2.04. The minimum Gasteiger partial charge on any atom is -0.356 e. The van der Waals surface area contributed by atoms with Gasteiger partial charge in [-0.25, -0.2) is 0 Å². The SMILES string of the molecule is CN=C(NCCC1=CCCCC1)NCc1ccc(C)s1. The number of guanidine groups is 1. The van der Waals surface area contributed by atoms with Gasteiger partial charge in [0.1, 0.15) is 0 Å². The fraction of sp³-hybridized carbons (Fsp3) is 0.562. The first-order chi connectivity index (χ1) is 9.78.